The summed E-state index contributed by atoms with van der Waals surface area (Å²) in [7, 11) is 0. The van der Waals surface area contributed by atoms with Crippen LogP contribution in [0, 0.1) is 5.92 Å². The fraction of sp³-hybridized carbons (Fsp3) is 1.00. The van der Waals surface area contributed by atoms with Crippen LogP contribution in [0.15, 0.2) is 0 Å². The van der Waals surface area contributed by atoms with Gasteiger partial charge in [0.15, 0.2) is 0 Å². The second-order valence-corrected chi connectivity index (χ2v) is 1.77. The Hall–Kier alpha value is -0.0800. The first-order valence-corrected chi connectivity index (χ1v) is 2.11. The summed E-state index contributed by atoms with van der Waals surface area (Å²) in [5.41, 5.74) is 11.9. The minimum absolute atomic E-state index is 0.296. The summed E-state index contributed by atoms with van der Waals surface area (Å²) in [4.78, 5) is 0. The Morgan fingerprint density at radius 2 is 1.67 bits per heavy atom. The van der Waals surface area contributed by atoms with Gasteiger partial charge in [-0.1, -0.05) is 13.8 Å². The molecule has 0 amide bonds. The standard InChI is InChI=1S/C4H11N2/c1-3(2)4(5)6/h3-5H,6H2,1-2H3. The normalized spacial score (nSPS) is 11.0. The van der Waals surface area contributed by atoms with Crippen molar-refractivity contribution in [2.75, 3.05) is 0 Å². The second kappa shape index (κ2) is 2.16. The molecule has 0 fully saturated rings. The zero-order valence-electron chi connectivity index (χ0n) is 4.23. The molecule has 37 valence electrons. The number of nitrogens with two attached hydrogens (primary N) is 1. The van der Waals surface area contributed by atoms with Crippen LogP contribution < -0.4 is 11.5 Å². The highest BCUT2D eigenvalue weighted by Gasteiger charge is 1.97. The Morgan fingerprint density at radius 3 is 1.67 bits per heavy atom. The maximum Gasteiger partial charge on any atom is 0.0702 e. The van der Waals surface area contributed by atoms with Crippen molar-refractivity contribution in [2.24, 2.45) is 11.7 Å². The molecular formula is C4H11N2. The van der Waals surface area contributed by atoms with Gasteiger partial charge in [-0.25, -0.2) is 5.73 Å². The van der Waals surface area contributed by atoms with E-state index in [0.29, 0.717) is 5.92 Å². The summed E-state index contributed by atoms with van der Waals surface area (Å²) in [5, 5.41) is 0. The fourth-order valence-corrected chi connectivity index (χ4v) is 0. The predicted octanol–water partition coefficient (Wildman–Crippen LogP) is 0.210. The summed E-state index contributed by atoms with van der Waals surface area (Å²) in [5.74, 6) is 0.296. The van der Waals surface area contributed by atoms with Crippen LogP contribution in [0.5, 0.6) is 0 Å². The first-order valence-electron chi connectivity index (χ1n) is 2.11. The van der Waals surface area contributed by atoms with E-state index in [1.807, 2.05) is 13.8 Å². The molecule has 0 aliphatic carbocycles. The van der Waals surface area contributed by atoms with Crippen molar-refractivity contribution < 1.29 is 0 Å². The molecule has 0 saturated carbocycles. The third-order valence-corrected chi connectivity index (χ3v) is 0.718. The van der Waals surface area contributed by atoms with E-state index in [4.69, 9.17) is 11.5 Å². The van der Waals surface area contributed by atoms with Crippen LogP contribution in [0.2, 0.25) is 0 Å². The molecule has 0 spiro atoms. The molecular weight excluding hydrogens is 76.1 g/mol. The molecule has 1 atom stereocenters. The second-order valence-electron chi connectivity index (χ2n) is 1.77. The third kappa shape index (κ3) is 2.18. The van der Waals surface area contributed by atoms with E-state index < -0.39 is 6.17 Å². The molecule has 1 radical (unpaired) electrons. The van der Waals surface area contributed by atoms with Crippen molar-refractivity contribution in [3.63, 3.8) is 0 Å². The van der Waals surface area contributed by atoms with Crippen LogP contribution in [-0.2, 0) is 0 Å². The van der Waals surface area contributed by atoms with E-state index >= 15 is 0 Å². The average molecular weight is 87.1 g/mol. The lowest BCUT2D eigenvalue weighted by Gasteiger charge is -2.04. The highest BCUT2D eigenvalue weighted by atomic mass is 14.9. The first-order chi connectivity index (χ1) is 2.64. The maximum absolute atomic E-state index is 6.81. The Kier molecular flexibility index (Phi) is 2.13. The lowest BCUT2D eigenvalue weighted by molar-refractivity contribution is 0.496. The third-order valence-electron chi connectivity index (χ3n) is 0.718. The zero-order valence-corrected chi connectivity index (χ0v) is 4.23. The number of hydrogen-bond donors (Lipinski definition) is 1. The fourth-order valence-electron chi connectivity index (χ4n) is 0. The Labute approximate surface area is 38.5 Å². The van der Waals surface area contributed by atoms with Crippen molar-refractivity contribution in [3.05, 3.63) is 0 Å². The molecule has 2 heteroatoms. The SMILES string of the molecule is CC(C)C([NH])N. The highest BCUT2D eigenvalue weighted by molar-refractivity contribution is 4.52. The van der Waals surface area contributed by atoms with E-state index in [1.54, 1.807) is 0 Å². The van der Waals surface area contributed by atoms with Gasteiger partial charge in [-0.3, -0.25) is 0 Å². The van der Waals surface area contributed by atoms with Crippen molar-refractivity contribution in [2.45, 2.75) is 20.0 Å². The Bertz CT molecular complexity index is 26.5. The number of rotatable bonds is 1. The zero-order chi connectivity index (χ0) is 5.15. The largest absolute Gasteiger partial charge is 0.315 e. The van der Waals surface area contributed by atoms with Crippen LogP contribution in [-0.4, -0.2) is 6.17 Å². The van der Waals surface area contributed by atoms with E-state index in [0.717, 1.165) is 0 Å². The van der Waals surface area contributed by atoms with Crippen molar-refractivity contribution in [1.29, 1.82) is 0 Å². The molecule has 3 N–H and O–H groups in total. The van der Waals surface area contributed by atoms with Crippen LogP contribution in [0.25, 0.3) is 0 Å². The van der Waals surface area contributed by atoms with Gasteiger partial charge in [0, 0.05) is 0 Å². The molecule has 6 heavy (non-hydrogen) atoms. The lowest BCUT2D eigenvalue weighted by Crippen LogP contribution is -2.26. The number of nitrogens with one attached hydrogen (secondary N) is 1. The lowest BCUT2D eigenvalue weighted by atomic mass is 10.2. The van der Waals surface area contributed by atoms with E-state index in [-0.39, 0.29) is 0 Å². The molecule has 0 aromatic heterocycles. The molecule has 0 saturated heterocycles. The van der Waals surface area contributed by atoms with Crippen LogP contribution in [0.3, 0.4) is 0 Å². The summed E-state index contributed by atoms with van der Waals surface area (Å²) >= 11 is 0. The molecule has 0 rings (SSSR count). The molecule has 2 nitrogen and oxygen atoms in total. The minimum atomic E-state index is -0.398. The smallest absolute Gasteiger partial charge is 0.0702 e. The van der Waals surface area contributed by atoms with Crippen LogP contribution in [0.1, 0.15) is 13.8 Å². The summed E-state index contributed by atoms with van der Waals surface area (Å²) in [6.07, 6.45) is -0.398. The van der Waals surface area contributed by atoms with Gasteiger partial charge in [0.25, 0.3) is 0 Å². The Morgan fingerprint density at radius 1 is 1.50 bits per heavy atom. The van der Waals surface area contributed by atoms with E-state index in [1.165, 1.54) is 0 Å². The van der Waals surface area contributed by atoms with Crippen LogP contribution >= 0.6 is 0 Å². The van der Waals surface area contributed by atoms with Crippen LogP contribution in [0.4, 0.5) is 0 Å². The molecule has 1 unspecified atom stereocenters. The molecule has 0 aliphatic heterocycles. The maximum atomic E-state index is 6.81. The van der Waals surface area contributed by atoms with Gasteiger partial charge in [-0.2, -0.15) is 0 Å². The molecule has 0 aromatic rings. The average Bonchev–Trinajstić information content (AvgIpc) is 1.36. The molecule has 0 aliphatic rings. The van der Waals surface area contributed by atoms with Gasteiger partial charge in [-0.05, 0) is 5.92 Å². The summed E-state index contributed by atoms with van der Waals surface area (Å²) in [6, 6.07) is 0. The van der Waals surface area contributed by atoms with Gasteiger partial charge in [0.1, 0.15) is 0 Å². The van der Waals surface area contributed by atoms with Crippen molar-refractivity contribution in [1.82, 2.24) is 5.73 Å². The van der Waals surface area contributed by atoms with Crippen molar-refractivity contribution in [3.8, 4) is 0 Å². The monoisotopic (exact) mass is 87.1 g/mol. The minimum Gasteiger partial charge on any atom is -0.315 e. The highest BCUT2D eigenvalue weighted by Crippen LogP contribution is 1.90. The summed E-state index contributed by atoms with van der Waals surface area (Å²) < 4.78 is 0. The van der Waals surface area contributed by atoms with Gasteiger partial charge < -0.3 is 5.73 Å². The van der Waals surface area contributed by atoms with E-state index in [9.17, 15) is 0 Å². The first kappa shape index (κ1) is 5.92. The van der Waals surface area contributed by atoms with E-state index in [2.05, 4.69) is 0 Å². The van der Waals surface area contributed by atoms with Crippen molar-refractivity contribution >= 4 is 0 Å². The molecule has 0 heterocycles. The molecule has 0 bridgehead atoms. The predicted molar refractivity (Wildman–Crippen MR) is 25.9 cm³/mol. The number of hydrogen-bond acceptors (Lipinski definition) is 1. The summed E-state index contributed by atoms with van der Waals surface area (Å²) in [6.45, 7) is 3.86. The van der Waals surface area contributed by atoms with Gasteiger partial charge in [0.2, 0.25) is 0 Å². The molecule has 0 aromatic carbocycles. The quantitative estimate of drug-likeness (QED) is 0.488. The Balaban J connectivity index is 2.99. The van der Waals surface area contributed by atoms with Gasteiger partial charge in [0.05, 0.1) is 6.17 Å². The van der Waals surface area contributed by atoms with Gasteiger partial charge in [-0.15, -0.1) is 0 Å². The topological polar surface area (TPSA) is 49.8 Å². The van der Waals surface area contributed by atoms with Gasteiger partial charge >= 0.3 is 0 Å².